The van der Waals surface area contributed by atoms with Gasteiger partial charge in [-0.25, -0.2) is 9.97 Å². The average Bonchev–Trinajstić information content (AvgIpc) is 3.80. The first-order chi connectivity index (χ1) is 23.3. The Morgan fingerprint density at radius 3 is 1.36 bits per heavy atom. The van der Waals surface area contributed by atoms with E-state index in [2.05, 4.69) is 153 Å². The molecule has 47 heavy (non-hydrogen) atoms. The standard InChI is InChI=1S/C42H27N5/c1-2-13-29(14-3-1)47-41(44-36-19-12-24-43-42(36)47)28-25-30(45-37-20-8-4-15-32(37)33-16-5-9-21-38(33)45)27-31(26-28)46-39-22-10-6-17-34(39)35-18-7-11-23-40(35)46/h1-27H. The van der Waals surface area contributed by atoms with Crippen LogP contribution in [0.5, 0.6) is 0 Å². The summed E-state index contributed by atoms with van der Waals surface area (Å²) in [5.41, 5.74) is 10.5. The van der Waals surface area contributed by atoms with Crippen LogP contribution in [-0.2, 0) is 0 Å². The molecule has 0 spiro atoms. The molecular formula is C42H27N5. The van der Waals surface area contributed by atoms with Gasteiger partial charge in [0.15, 0.2) is 5.65 Å². The van der Waals surface area contributed by atoms with Crippen molar-refractivity contribution < 1.29 is 0 Å². The smallest absolute Gasteiger partial charge is 0.164 e. The van der Waals surface area contributed by atoms with E-state index < -0.39 is 0 Å². The number of hydrogen-bond acceptors (Lipinski definition) is 2. The molecule has 0 radical (unpaired) electrons. The number of rotatable bonds is 4. The van der Waals surface area contributed by atoms with Crippen LogP contribution < -0.4 is 0 Å². The molecule has 0 aliphatic heterocycles. The fraction of sp³-hybridized carbons (Fsp3) is 0. The maximum atomic E-state index is 5.24. The van der Waals surface area contributed by atoms with Gasteiger partial charge >= 0.3 is 0 Å². The van der Waals surface area contributed by atoms with E-state index in [-0.39, 0.29) is 0 Å². The molecule has 0 fully saturated rings. The van der Waals surface area contributed by atoms with E-state index in [0.717, 1.165) is 61.7 Å². The number of hydrogen-bond donors (Lipinski definition) is 0. The van der Waals surface area contributed by atoms with Crippen LogP contribution in [0.15, 0.2) is 164 Å². The molecular weight excluding hydrogens is 574 g/mol. The molecule has 0 aliphatic rings. The van der Waals surface area contributed by atoms with E-state index in [1.54, 1.807) is 0 Å². The van der Waals surface area contributed by atoms with Gasteiger partial charge in [0, 0.05) is 50.4 Å². The highest BCUT2D eigenvalue weighted by molar-refractivity contribution is 6.10. The van der Waals surface area contributed by atoms with Crippen LogP contribution in [0.4, 0.5) is 0 Å². The van der Waals surface area contributed by atoms with Crippen molar-refractivity contribution in [1.29, 1.82) is 0 Å². The predicted molar refractivity (Wildman–Crippen MR) is 193 cm³/mol. The minimum atomic E-state index is 0.828. The average molecular weight is 602 g/mol. The highest BCUT2D eigenvalue weighted by Gasteiger charge is 2.20. The maximum Gasteiger partial charge on any atom is 0.164 e. The van der Waals surface area contributed by atoms with Crippen molar-refractivity contribution in [3.63, 3.8) is 0 Å². The van der Waals surface area contributed by atoms with E-state index in [0.29, 0.717) is 0 Å². The van der Waals surface area contributed by atoms with E-state index in [9.17, 15) is 0 Å². The fourth-order valence-corrected chi connectivity index (χ4v) is 7.31. The number of pyridine rings is 1. The summed E-state index contributed by atoms with van der Waals surface area (Å²) < 4.78 is 6.95. The molecule has 5 heteroatoms. The summed E-state index contributed by atoms with van der Waals surface area (Å²) in [5.74, 6) is 0.842. The topological polar surface area (TPSA) is 40.6 Å². The van der Waals surface area contributed by atoms with Crippen LogP contribution >= 0.6 is 0 Å². The predicted octanol–water partition coefficient (Wildman–Crippen LogP) is 10.3. The Hall–Kier alpha value is -6.46. The van der Waals surface area contributed by atoms with Crippen molar-refractivity contribution in [2.75, 3.05) is 0 Å². The molecule has 0 bridgehead atoms. The highest BCUT2D eigenvalue weighted by atomic mass is 15.1. The minimum absolute atomic E-state index is 0.828. The van der Waals surface area contributed by atoms with E-state index in [4.69, 9.17) is 9.97 Å². The SMILES string of the molecule is c1ccc(-n2c(-c3cc(-n4c5ccccc5c5ccccc54)cc(-n4c5ccccc5c5ccccc54)c3)nc3cccnc32)cc1. The molecule has 0 unspecified atom stereocenters. The summed E-state index contributed by atoms with van der Waals surface area (Å²) in [4.78, 5) is 10.0. The minimum Gasteiger partial charge on any atom is -0.309 e. The molecule has 4 heterocycles. The third kappa shape index (κ3) is 3.83. The summed E-state index contributed by atoms with van der Waals surface area (Å²) in [6.45, 7) is 0. The van der Waals surface area contributed by atoms with Crippen molar-refractivity contribution in [1.82, 2.24) is 23.7 Å². The summed E-state index contributed by atoms with van der Waals surface area (Å²) in [7, 11) is 0. The Kier molecular flexibility index (Phi) is 5.51. The van der Waals surface area contributed by atoms with Crippen LogP contribution in [0.2, 0.25) is 0 Å². The first kappa shape index (κ1) is 25.8. The zero-order chi connectivity index (χ0) is 30.9. The molecule has 5 nitrogen and oxygen atoms in total. The molecule has 0 atom stereocenters. The Bertz CT molecular complexity index is 2560. The largest absolute Gasteiger partial charge is 0.309 e. The van der Waals surface area contributed by atoms with E-state index in [1.807, 2.05) is 24.4 Å². The van der Waals surface area contributed by atoms with Gasteiger partial charge < -0.3 is 9.13 Å². The number of nitrogens with zero attached hydrogens (tertiary/aromatic N) is 5. The van der Waals surface area contributed by atoms with Gasteiger partial charge in [0.25, 0.3) is 0 Å². The van der Waals surface area contributed by atoms with Crippen LogP contribution in [0.25, 0.3) is 83.2 Å². The zero-order valence-electron chi connectivity index (χ0n) is 25.3. The van der Waals surface area contributed by atoms with Gasteiger partial charge in [-0.3, -0.25) is 4.57 Å². The molecule has 0 N–H and O–H groups in total. The van der Waals surface area contributed by atoms with Gasteiger partial charge in [0.1, 0.15) is 11.3 Å². The van der Waals surface area contributed by atoms with Gasteiger partial charge in [-0.15, -0.1) is 0 Å². The highest BCUT2D eigenvalue weighted by Crippen LogP contribution is 2.38. The first-order valence-corrected chi connectivity index (χ1v) is 15.8. The van der Waals surface area contributed by atoms with Gasteiger partial charge in [0.2, 0.25) is 0 Å². The Balaban J connectivity index is 1.36. The van der Waals surface area contributed by atoms with Gasteiger partial charge in [-0.1, -0.05) is 91.0 Å². The Labute approximate surface area is 270 Å². The lowest BCUT2D eigenvalue weighted by Gasteiger charge is -2.16. The number of aromatic nitrogens is 5. The van der Waals surface area contributed by atoms with Gasteiger partial charge in [-0.2, -0.15) is 0 Å². The van der Waals surface area contributed by atoms with Crippen molar-refractivity contribution in [3.05, 3.63) is 164 Å². The number of para-hydroxylation sites is 5. The molecule has 0 aliphatic carbocycles. The second-order valence-corrected chi connectivity index (χ2v) is 11.9. The zero-order valence-corrected chi connectivity index (χ0v) is 25.3. The summed E-state index contributed by atoms with van der Waals surface area (Å²) >= 11 is 0. The van der Waals surface area contributed by atoms with Crippen molar-refractivity contribution in [2.24, 2.45) is 0 Å². The van der Waals surface area contributed by atoms with Crippen LogP contribution in [-0.4, -0.2) is 23.7 Å². The Morgan fingerprint density at radius 1 is 0.383 bits per heavy atom. The molecule has 10 rings (SSSR count). The summed E-state index contributed by atoms with van der Waals surface area (Å²) in [6.07, 6.45) is 1.84. The lowest BCUT2D eigenvalue weighted by atomic mass is 10.1. The molecule has 220 valence electrons. The summed E-state index contributed by atoms with van der Waals surface area (Å²) in [5, 5.41) is 4.92. The molecule has 6 aromatic carbocycles. The lowest BCUT2D eigenvalue weighted by Crippen LogP contribution is -2.03. The van der Waals surface area contributed by atoms with Crippen molar-refractivity contribution in [2.45, 2.75) is 0 Å². The molecule has 0 saturated carbocycles. The van der Waals surface area contributed by atoms with Gasteiger partial charge in [0.05, 0.1) is 22.1 Å². The van der Waals surface area contributed by atoms with E-state index in [1.165, 1.54) is 21.5 Å². The maximum absolute atomic E-state index is 5.24. The molecule has 0 saturated heterocycles. The van der Waals surface area contributed by atoms with Crippen molar-refractivity contribution >= 4 is 54.8 Å². The van der Waals surface area contributed by atoms with Crippen molar-refractivity contribution in [3.8, 4) is 28.5 Å². The second-order valence-electron chi connectivity index (χ2n) is 11.9. The molecule has 0 amide bonds. The third-order valence-corrected chi connectivity index (χ3v) is 9.27. The molecule has 10 aromatic rings. The van der Waals surface area contributed by atoms with Crippen LogP contribution in [0.1, 0.15) is 0 Å². The monoisotopic (exact) mass is 601 g/mol. The van der Waals surface area contributed by atoms with Crippen LogP contribution in [0, 0.1) is 0 Å². The third-order valence-electron chi connectivity index (χ3n) is 9.27. The molecule has 4 aromatic heterocycles. The van der Waals surface area contributed by atoms with Gasteiger partial charge in [-0.05, 0) is 66.7 Å². The first-order valence-electron chi connectivity index (χ1n) is 15.8. The lowest BCUT2D eigenvalue weighted by molar-refractivity contribution is 1.07. The Morgan fingerprint density at radius 2 is 0.851 bits per heavy atom. The number of fused-ring (bicyclic) bond motifs is 7. The fourth-order valence-electron chi connectivity index (χ4n) is 7.31. The summed E-state index contributed by atoms with van der Waals surface area (Å²) in [6, 6.07) is 55.9. The number of imidazole rings is 1. The second kappa shape index (κ2) is 10.0. The normalized spacial score (nSPS) is 11.8. The quantitative estimate of drug-likeness (QED) is 0.201. The number of benzene rings is 6. The van der Waals surface area contributed by atoms with E-state index >= 15 is 0 Å². The van der Waals surface area contributed by atoms with Crippen LogP contribution in [0.3, 0.4) is 0 Å².